The second-order valence-electron chi connectivity index (χ2n) is 5.13. The maximum Gasteiger partial charge on any atom is 0.330 e. The standard InChI is InChI=1S/C14H18ClNO3Si/c1-10-7-12(15)5-6-13(10)18-9-14(17)19-20(3,4)11(2)8-16/h5-7,11H,9H2,1-4H3. The maximum absolute atomic E-state index is 11.8. The lowest BCUT2D eigenvalue weighted by molar-refractivity contribution is -0.137. The van der Waals surface area contributed by atoms with Gasteiger partial charge >= 0.3 is 5.97 Å². The van der Waals surface area contributed by atoms with Gasteiger partial charge in [-0.05, 0) is 50.7 Å². The molecule has 1 aromatic carbocycles. The van der Waals surface area contributed by atoms with Crippen LogP contribution < -0.4 is 4.74 Å². The van der Waals surface area contributed by atoms with Gasteiger partial charge in [-0.15, -0.1) is 0 Å². The van der Waals surface area contributed by atoms with Crippen LogP contribution in [0, 0.1) is 18.3 Å². The van der Waals surface area contributed by atoms with Gasteiger partial charge in [0.1, 0.15) is 5.75 Å². The van der Waals surface area contributed by atoms with Gasteiger partial charge in [-0.2, -0.15) is 5.26 Å². The van der Waals surface area contributed by atoms with Crippen molar-refractivity contribution in [3.8, 4) is 11.8 Å². The van der Waals surface area contributed by atoms with E-state index < -0.39 is 14.3 Å². The number of hydrogen-bond acceptors (Lipinski definition) is 4. The summed E-state index contributed by atoms with van der Waals surface area (Å²) in [5, 5.41) is 9.52. The predicted molar refractivity (Wildman–Crippen MR) is 80.3 cm³/mol. The van der Waals surface area contributed by atoms with Crippen LogP contribution in [0.3, 0.4) is 0 Å². The Morgan fingerprint density at radius 1 is 1.50 bits per heavy atom. The number of nitriles is 1. The van der Waals surface area contributed by atoms with Gasteiger partial charge in [0.05, 0.1) is 11.6 Å². The predicted octanol–water partition coefficient (Wildman–Crippen LogP) is 3.69. The van der Waals surface area contributed by atoms with Crippen LogP contribution in [0.15, 0.2) is 18.2 Å². The Kier molecular flexibility index (Phi) is 5.60. The highest BCUT2D eigenvalue weighted by atomic mass is 35.5. The van der Waals surface area contributed by atoms with Crippen LogP contribution in [0.25, 0.3) is 0 Å². The first-order valence-corrected chi connectivity index (χ1v) is 9.63. The molecule has 20 heavy (non-hydrogen) atoms. The Hall–Kier alpha value is -1.51. The zero-order valence-corrected chi connectivity index (χ0v) is 13.8. The van der Waals surface area contributed by atoms with Crippen LogP contribution in [0.5, 0.6) is 5.75 Å². The van der Waals surface area contributed by atoms with Crippen molar-refractivity contribution in [2.75, 3.05) is 6.61 Å². The van der Waals surface area contributed by atoms with E-state index >= 15 is 0 Å². The average molecular weight is 312 g/mol. The van der Waals surface area contributed by atoms with Crippen molar-refractivity contribution in [1.82, 2.24) is 0 Å². The molecule has 4 nitrogen and oxygen atoms in total. The molecule has 0 saturated carbocycles. The highest BCUT2D eigenvalue weighted by Crippen LogP contribution is 2.23. The smallest absolute Gasteiger partial charge is 0.330 e. The molecular formula is C14H18ClNO3Si. The summed E-state index contributed by atoms with van der Waals surface area (Å²) in [6, 6.07) is 7.31. The molecule has 0 fully saturated rings. The third-order valence-corrected chi connectivity index (χ3v) is 6.30. The molecule has 0 spiro atoms. The molecule has 0 aliphatic rings. The molecule has 0 aliphatic heterocycles. The molecule has 0 bridgehead atoms. The van der Waals surface area contributed by atoms with Crippen LogP contribution in [-0.2, 0) is 9.22 Å². The summed E-state index contributed by atoms with van der Waals surface area (Å²) in [5.74, 6) is 0.150. The van der Waals surface area contributed by atoms with E-state index in [4.69, 9.17) is 26.0 Å². The first-order chi connectivity index (χ1) is 9.26. The molecule has 0 aromatic heterocycles. The fourth-order valence-corrected chi connectivity index (χ4v) is 2.84. The van der Waals surface area contributed by atoms with Crippen molar-refractivity contribution >= 4 is 25.9 Å². The average Bonchev–Trinajstić information content (AvgIpc) is 2.36. The quantitative estimate of drug-likeness (QED) is 0.778. The maximum atomic E-state index is 11.8. The zero-order valence-electron chi connectivity index (χ0n) is 12.1. The van der Waals surface area contributed by atoms with Gasteiger partial charge in [0, 0.05) is 5.02 Å². The Morgan fingerprint density at radius 3 is 2.70 bits per heavy atom. The van der Waals surface area contributed by atoms with E-state index in [9.17, 15) is 4.79 Å². The molecule has 0 amide bonds. The summed E-state index contributed by atoms with van der Waals surface area (Å²) in [6.45, 7) is 7.13. The van der Waals surface area contributed by atoms with Crippen molar-refractivity contribution < 1.29 is 14.0 Å². The fourth-order valence-electron chi connectivity index (χ4n) is 1.48. The van der Waals surface area contributed by atoms with Crippen molar-refractivity contribution in [1.29, 1.82) is 5.26 Å². The number of nitrogens with zero attached hydrogens (tertiary/aromatic N) is 1. The summed E-state index contributed by atoms with van der Waals surface area (Å²) in [5.41, 5.74) is 0.593. The Morgan fingerprint density at radius 2 is 2.15 bits per heavy atom. The van der Waals surface area contributed by atoms with Crippen LogP contribution >= 0.6 is 11.6 Å². The minimum Gasteiger partial charge on any atom is -0.516 e. The largest absolute Gasteiger partial charge is 0.516 e. The SMILES string of the molecule is Cc1cc(Cl)ccc1OCC(=O)O[Si](C)(C)C(C)C#N. The second kappa shape index (κ2) is 6.78. The van der Waals surface area contributed by atoms with Gasteiger partial charge in [-0.25, -0.2) is 4.79 Å². The minimum atomic E-state index is -2.34. The number of ether oxygens (including phenoxy) is 1. The lowest BCUT2D eigenvalue weighted by Gasteiger charge is -2.24. The van der Waals surface area contributed by atoms with Gasteiger partial charge in [0.15, 0.2) is 6.61 Å². The molecule has 0 heterocycles. The summed E-state index contributed by atoms with van der Waals surface area (Å²) < 4.78 is 10.8. The number of benzene rings is 1. The third kappa shape index (κ3) is 4.55. The van der Waals surface area contributed by atoms with E-state index in [1.807, 2.05) is 20.0 Å². The van der Waals surface area contributed by atoms with Crippen molar-refractivity contribution in [2.45, 2.75) is 32.5 Å². The van der Waals surface area contributed by atoms with E-state index in [0.29, 0.717) is 10.8 Å². The van der Waals surface area contributed by atoms with Crippen LogP contribution in [0.1, 0.15) is 12.5 Å². The number of rotatable bonds is 5. The third-order valence-electron chi connectivity index (χ3n) is 3.10. The highest BCUT2D eigenvalue weighted by molar-refractivity contribution is 6.74. The zero-order chi connectivity index (χ0) is 15.3. The van der Waals surface area contributed by atoms with Crippen molar-refractivity contribution in [3.63, 3.8) is 0 Å². The molecular weight excluding hydrogens is 294 g/mol. The topological polar surface area (TPSA) is 59.3 Å². The normalized spacial score (nSPS) is 12.4. The fraction of sp³-hybridized carbons (Fsp3) is 0.429. The monoisotopic (exact) mass is 311 g/mol. The number of carbonyl (C=O) groups is 1. The summed E-state index contributed by atoms with van der Waals surface area (Å²) in [4.78, 5) is 11.8. The Labute approximate surface area is 125 Å². The number of carbonyl (C=O) groups excluding carboxylic acids is 1. The van der Waals surface area contributed by atoms with Crippen LogP contribution in [-0.4, -0.2) is 20.9 Å². The highest BCUT2D eigenvalue weighted by Gasteiger charge is 2.34. The second-order valence-corrected chi connectivity index (χ2v) is 9.84. The van der Waals surface area contributed by atoms with Crippen LogP contribution in [0.2, 0.25) is 23.7 Å². The number of aryl methyl sites for hydroxylation is 1. The lowest BCUT2D eigenvalue weighted by Crippen LogP contribution is -2.38. The van der Waals surface area contributed by atoms with Crippen LogP contribution in [0.4, 0.5) is 0 Å². The van der Waals surface area contributed by atoms with Gasteiger partial charge in [0.2, 0.25) is 0 Å². The van der Waals surface area contributed by atoms with E-state index in [2.05, 4.69) is 6.07 Å². The van der Waals surface area contributed by atoms with Crippen molar-refractivity contribution in [2.24, 2.45) is 0 Å². The van der Waals surface area contributed by atoms with E-state index in [0.717, 1.165) is 5.56 Å². The molecule has 108 valence electrons. The molecule has 0 radical (unpaired) electrons. The minimum absolute atomic E-state index is 0.170. The molecule has 0 N–H and O–H groups in total. The molecule has 1 atom stereocenters. The van der Waals surface area contributed by atoms with E-state index in [-0.39, 0.29) is 12.1 Å². The summed E-state index contributed by atoms with van der Waals surface area (Å²) >= 11 is 5.85. The molecule has 0 aliphatic carbocycles. The van der Waals surface area contributed by atoms with E-state index in [1.165, 1.54) is 0 Å². The Balaban J connectivity index is 2.58. The first-order valence-electron chi connectivity index (χ1n) is 6.26. The van der Waals surface area contributed by atoms with Gasteiger partial charge in [0.25, 0.3) is 8.32 Å². The molecule has 1 aromatic rings. The van der Waals surface area contributed by atoms with Crippen molar-refractivity contribution in [3.05, 3.63) is 28.8 Å². The van der Waals surface area contributed by atoms with Gasteiger partial charge in [-0.1, -0.05) is 11.6 Å². The number of hydrogen-bond donors (Lipinski definition) is 0. The van der Waals surface area contributed by atoms with E-state index in [1.54, 1.807) is 25.1 Å². The molecule has 0 saturated heterocycles. The molecule has 1 unspecified atom stereocenters. The summed E-state index contributed by atoms with van der Waals surface area (Å²) in [6.07, 6.45) is 0. The Bertz CT molecular complexity index is 540. The number of halogens is 1. The van der Waals surface area contributed by atoms with Gasteiger partial charge < -0.3 is 9.16 Å². The first kappa shape index (κ1) is 16.5. The molecule has 1 rings (SSSR count). The lowest BCUT2D eigenvalue weighted by atomic mass is 10.2. The summed E-state index contributed by atoms with van der Waals surface area (Å²) in [7, 11) is -2.34. The van der Waals surface area contributed by atoms with Gasteiger partial charge in [-0.3, -0.25) is 0 Å². The molecule has 6 heteroatoms.